The van der Waals surface area contributed by atoms with Gasteiger partial charge in [0.2, 0.25) is 6.79 Å². The Labute approximate surface area is 110 Å². The lowest BCUT2D eigenvalue weighted by Crippen LogP contribution is -2.17. The fourth-order valence-electron chi connectivity index (χ4n) is 1.96. The number of benzene rings is 1. The van der Waals surface area contributed by atoms with Crippen LogP contribution >= 0.6 is 11.3 Å². The maximum atomic E-state index is 5.39. The van der Waals surface area contributed by atoms with Crippen molar-refractivity contribution in [2.45, 2.75) is 19.5 Å². The number of fused-ring (bicyclic) bond motifs is 1. The zero-order valence-electron chi connectivity index (χ0n) is 10.2. The number of hydrogen-bond donors (Lipinski definition) is 1. The summed E-state index contributed by atoms with van der Waals surface area (Å²) in [7, 11) is 0. The van der Waals surface area contributed by atoms with Gasteiger partial charge in [-0.05, 0) is 47.0 Å². The first kappa shape index (κ1) is 11.6. The summed E-state index contributed by atoms with van der Waals surface area (Å²) >= 11 is 1.73. The lowest BCUT2D eigenvalue weighted by Gasteiger charge is -2.14. The molecule has 1 aliphatic rings. The van der Waals surface area contributed by atoms with Crippen molar-refractivity contribution in [3.05, 3.63) is 46.2 Å². The van der Waals surface area contributed by atoms with Crippen LogP contribution < -0.4 is 14.8 Å². The van der Waals surface area contributed by atoms with Gasteiger partial charge in [0.25, 0.3) is 0 Å². The molecule has 0 fully saturated rings. The smallest absolute Gasteiger partial charge is 0.231 e. The minimum Gasteiger partial charge on any atom is -0.454 e. The molecular weight excluding hydrogens is 246 g/mol. The molecule has 0 saturated heterocycles. The normalized spacial score (nSPS) is 14.7. The summed E-state index contributed by atoms with van der Waals surface area (Å²) in [6, 6.07) is 8.54. The van der Waals surface area contributed by atoms with E-state index in [2.05, 4.69) is 35.1 Å². The standard InChI is InChI=1S/C14H15NO2S/c1-10(15-7-11-4-5-18-8-11)12-2-3-13-14(6-12)17-9-16-13/h2-6,8,10,15H,7,9H2,1H3. The average Bonchev–Trinajstić information content (AvgIpc) is 3.05. The topological polar surface area (TPSA) is 30.5 Å². The van der Waals surface area contributed by atoms with Crippen LogP contribution in [0.15, 0.2) is 35.0 Å². The molecule has 94 valence electrons. The van der Waals surface area contributed by atoms with Gasteiger partial charge in [0.15, 0.2) is 11.5 Å². The van der Waals surface area contributed by atoms with Gasteiger partial charge in [-0.15, -0.1) is 0 Å². The molecule has 1 aromatic heterocycles. The molecular formula is C14H15NO2S. The third-order valence-electron chi connectivity index (χ3n) is 3.09. The Balaban J connectivity index is 1.67. The van der Waals surface area contributed by atoms with Gasteiger partial charge in [0.1, 0.15) is 0 Å². The molecule has 18 heavy (non-hydrogen) atoms. The summed E-state index contributed by atoms with van der Waals surface area (Å²) in [4.78, 5) is 0. The third-order valence-corrected chi connectivity index (χ3v) is 3.82. The maximum Gasteiger partial charge on any atom is 0.231 e. The summed E-state index contributed by atoms with van der Waals surface area (Å²) < 4.78 is 10.7. The van der Waals surface area contributed by atoms with Gasteiger partial charge in [-0.2, -0.15) is 11.3 Å². The minimum atomic E-state index is 0.291. The number of nitrogens with one attached hydrogen (secondary N) is 1. The second-order valence-corrected chi connectivity index (χ2v) is 5.13. The fraction of sp³-hybridized carbons (Fsp3) is 0.286. The molecule has 1 atom stereocenters. The van der Waals surface area contributed by atoms with Gasteiger partial charge in [0.05, 0.1) is 0 Å². The van der Waals surface area contributed by atoms with E-state index in [9.17, 15) is 0 Å². The largest absolute Gasteiger partial charge is 0.454 e. The van der Waals surface area contributed by atoms with Crippen molar-refractivity contribution in [1.29, 1.82) is 0 Å². The van der Waals surface area contributed by atoms with E-state index in [1.807, 2.05) is 12.1 Å². The van der Waals surface area contributed by atoms with Crippen LogP contribution in [0.25, 0.3) is 0 Å². The van der Waals surface area contributed by atoms with Crippen LogP contribution in [-0.4, -0.2) is 6.79 Å². The fourth-order valence-corrected chi connectivity index (χ4v) is 2.63. The Hall–Kier alpha value is -1.52. The van der Waals surface area contributed by atoms with Gasteiger partial charge in [-0.1, -0.05) is 6.07 Å². The van der Waals surface area contributed by atoms with E-state index < -0.39 is 0 Å². The molecule has 0 spiro atoms. The maximum absolute atomic E-state index is 5.39. The SMILES string of the molecule is CC(NCc1ccsc1)c1ccc2c(c1)OCO2. The van der Waals surface area contributed by atoms with Gasteiger partial charge >= 0.3 is 0 Å². The van der Waals surface area contributed by atoms with Crippen LogP contribution in [0.2, 0.25) is 0 Å². The zero-order valence-corrected chi connectivity index (χ0v) is 11.0. The summed E-state index contributed by atoms with van der Waals surface area (Å²) in [5, 5.41) is 7.77. The van der Waals surface area contributed by atoms with Crippen molar-refractivity contribution in [3.63, 3.8) is 0 Å². The molecule has 1 N–H and O–H groups in total. The molecule has 3 nitrogen and oxygen atoms in total. The third kappa shape index (κ3) is 2.35. The lowest BCUT2D eigenvalue weighted by molar-refractivity contribution is 0.174. The Kier molecular flexibility index (Phi) is 3.21. The van der Waals surface area contributed by atoms with Crippen molar-refractivity contribution >= 4 is 11.3 Å². The quantitative estimate of drug-likeness (QED) is 0.915. The molecule has 3 rings (SSSR count). The number of hydrogen-bond acceptors (Lipinski definition) is 4. The lowest BCUT2D eigenvalue weighted by atomic mass is 10.1. The van der Waals surface area contributed by atoms with Gasteiger partial charge < -0.3 is 14.8 Å². The molecule has 0 aliphatic carbocycles. The Morgan fingerprint density at radius 1 is 1.28 bits per heavy atom. The monoisotopic (exact) mass is 261 g/mol. The van der Waals surface area contributed by atoms with E-state index in [1.165, 1.54) is 11.1 Å². The summed E-state index contributed by atoms with van der Waals surface area (Å²) in [5.74, 6) is 1.68. The first-order valence-electron chi connectivity index (χ1n) is 5.97. The van der Waals surface area contributed by atoms with Crippen LogP contribution in [0, 0.1) is 0 Å². The second-order valence-electron chi connectivity index (χ2n) is 4.35. The number of ether oxygens (including phenoxy) is 2. The Morgan fingerprint density at radius 3 is 3.00 bits per heavy atom. The van der Waals surface area contributed by atoms with Gasteiger partial charge in [0, 0.05) is 12.6 Å². The van der Waals surface area contributed by atoms with Gasteiger partial charge in [-0.25, -0.2) is 0 Å². The van der Waals surface area contributed by atoms with Crippen LogP contribution in [0.5, 0.6) is 11.5 Å². The summed E-state index contributed by atoms with van der Waals surface area (Å²) in [6.07, 6.45) is 0. The van der Waals surface area contributed by atoms with Crippen LogP contribution in [0.3, 0.4) is 0 Å². The predicted molar refractivity (Wildman–Crippen MR) is 72.1 cm³/mol. The molecule has 0 radical (unpaired) electrons. The van der Waals surface area contributed by atoms with E-state index in [4.69, 9.17) is 9.47 Å². The average molecular weight is 261 g/mol. The Bertz CT molecular complexity index is 525. The number of rotatable bonds is 4. The van der Waals surface area contributed by atoms with E-state index in [0.29, 0.717) is 12.8 Å². The molecule has 1 aliphatic heterocycles. The molecule has 1 aromatic carbocycles. The van der Waals surface area contributed by atoms with Crippen molar-refractivity contribution in [1.82, 2.24) is 5.32 Å². The van der Waals surface area contributed by atoms with Crippen LogP contribution in [-0.2, 0) is 6.54 Å². The molecule has 0 bridgehead atoms. The highest BCUT2D eigenvalue weighted by Crippen LogP contribution is 2.34. The van der Waals surface area contributed by atoms with Crippen molar-refractivity contribution in [3.8, 4) is 11.5 Å². The highest BCUT2D eigenvalue weighted by molar-refractivity contribution is 7.07. The van der Waals surface area contributed by atoms with Crippen molar-refractivity contribution < 1.29 is 9.47 Å². The molecule has 0 amide bonds. The van der Waals surface area contributed by atoms with Gasteiger partial charge in [-0.3, -0.25) is 0 Å². The molecule has 2 heterocycles. The highest BCUT2D eigenvalue weighted by atomic mass is 32.1. The second kappa shape index (κ2) is 5.00. The van der Waals surface area contributed by atoms with E-state index in [1.54, 1.807) is 11.3 Å². The molecule has 2 aromatic rings. The molecule has 4 heteroatoms. The minimum absolute atomic E-state index is 0.291. The molecule has 0 saturated carbocycles. The summed E-state index contributed by atoms with van der Waals surface area (Å²) in [5.41, 5.74) is 2.54. The first-order chi connectivity index (χ1) is 8.83. The van der Waals surface area contributed by atoms with Crippen LogP contribution in [0.4, 0.5) is 0 Å². The highest BCUT2D eigenvalue weighted by Gasteiger charge is 2.15. The van der Waals surface area contributed by atoms with Crippen molar-refractivity contribution in [2.75, 3.05) is 6.79 Å². The Morgan fingerprint density at radius 2 is 2.17 bits per heavy atom. The van der Waals surface area contributed by atoms with Crippen LogP contribution in [0.1, 0.15) is 24.1 Å². The molecule has 1 unspecified atom stereocenters. The van der Waals surface area contributed by atoms with E-state index in [-0.39, 0.29) is 0 Å². The number of thiophene rings is 1. The summed E-state index contributed by atoms with van der Waals surface area (Å²) in [6.45, 7) is 3.37. The first-order valence-corrected chi connectivity index (χ1v) is 6.91. The van der Waals surface area contributed by atoms with E-state index in [0.717, 1.165) is 18.0 Å². The zero-order chi connectivity index (χ0) is 12.4. The van der Waals surface area contributed by atoms with E-state index >= 15 is 0 Å². The van der Waals surface area contributed by atoms with Crippen molar-refractivity contribution in [2.24, 2.45) is 0 Å². The predicted octanol–water partition coefficient (Wildman–Crippen LogP) is 3.33.